The van der Waals surface area contributed by atoms with Gasteiger partial charge in [-0.1, -0.05) is 6.07 Å². The fourth-order valence-corrected chi connectivity index (χ4v) is 1.64. The molecule has 1 rings (SSSR count). The summed E-state index contributed by atoms with van der Waals surface area (Å²) in [6.07, 6.45) is 0.958. The molecule has 1 aromatic rings. The van der Waals surface area contributed by atoms with E-state index in [0.29, 0.717) is 11.4 Å². The number of hydrogen-bond donors (Lipinski definition) is 1. The predicted octanol–water partition coefficient (Wildman–Crippen LogP) is 3.44. The fraction of sp³-hybridized carbons (Fsp3) is 0.467. The number of nitrogens with one attached hydrogen (secondary N) is 1. The Balaban J connectivity index is 2.94. The largest absolute Gasteiger partial charge is 0.495 e. The molecule has 0 aliphatic carbocycles. The molecular weight excluding hydrogens is 272 g/mol. The first kappa shape index (κ1) is 16.7. The minimum atomic E-state index is -0.579. The second kappa shape index (κ2) is 6.90. The van der Waals surface area contributed by atoms with Gasteiger partial charge in [-0.15, -0.1) is 0 Å². The number of carbonyl (C=O) groups is 1. The second-order valence-electron chi connectivity index (χ2n) is 5.48. The van der Waals surface area contributed by atoms with Gasteiger partial charge < -0.3 is 9.47 Å². The van der Waals surface area contributed by atoms with Gasteiger partial charge in [-0.25, -0.2) is 9.59 Å². The smallest absolute Gasteiger partial charge is 0.412 e. The molecule has 6 heteroatoms. The molecule has 1 atom stereocenters. The molecule has 1 aromatic carbocycles. The van der Waals surface area contributed by atoms with E-state index in [1.54, 1.807) is 45.9 Å². The van der Waals surface area contributed by atoms with Gasteiger partial charge in [-0.05, 0) is 45.4 Å². The van der Waals surface area contributed by atoms with Crippen molar-refractivity contribution in [3.05, 3.63) is 23.8 Å². The quantitative estimate of drug-likeness (QED) is 0.681. The number of aliphatic imine (C=N–C) groups is 1. The van der Waals surface area contributed by atoms with E-state index in [1.165, 1.54) is 13.2 Å². The molecule has 0 aliphatic rings. The number of amides is 1. The summed E-state index contributed by atoms with van der Waals surface area (Å²) in [4.78, 5) is 25.7. The van der Waals surface area contributed by atoms with Crippen LogP contribution in [0.5, 0.6) is 5.75 Å². The normalized spacial score (nSPS) is 12.0. The maximum atomic E-state index is 11.8. The first-order valence-corrected chi connectivity index (χ1v) is 6.51. The highest BCUT2D eigenvalue weighted by Gasteiger charge is 2.18. The van der Waals surface area contributed by atoms with Crippen molar-refractivity contribution >= 4 is 17.9 Å². The average molecular weight is 292 g/mol. The van der Waals surface area contributed by atoms with Gasteiger partial charge in [0.2, 0.25) is 6.08 Å². The van der Waals surface area contributed by atoms with E-state index in [-0.39, 0.29) is 6.04 Å². The number of isocyanates is 1. The van der Waals surface area contributed by atoms with Crippen LogP contribution < -0.4 is 10.1 Å². The summed E-state index contributed by atoms with van der Waals surface area (Å²) in [6, 6.07) is 4.81. The van der Waals surface area contributed by atoms with E-state index in [9.17, 15) is 9.59 Å². The molecule has 0 fully saturated rings. The number of hydrogen-bond acceptors (Lipinski definition) is 5. The third kappa shape index (κ3) is 5.28. The van der Waals surface area contributed by atoms with Gasteiger partial charge in [-0.2, -0.15) is 4.99 Å². The molecule has 1 unspecified atom stereocenters. The number of carbonyl (C=O) groups excluding carboxylic acids is 2. The maximum absolute atomic E-state index is 11.8. The zero-order valence-corrected chi connectivity index (χ0v) is 12.9. The average Bonchev–Trinajstić information content (AvgIpc) is 2.37. The van der Waals surface area contributed by atoms with Crippen molar-refractivity contribution in [1.82, 2.24) is 0 Å². The molecule has 21 heavy (non-hydrogen) atoms. The van der Waals surface area contributed by atoms with Crippen molar-refractivity contribution in [3.63, 3.8) is 0 Å². The summed E-state index contributed by atoms with van der Waals surface area (Å²) in [6.45, 7) is 7.12. The molecule has 0 aliphatic heterocycles. The van der Waals surface area contributed by atoms with Gasteiger partial charge in [0.05, 0.1) is 18.8 Å². The predicted molar refractivity (Wildman–Crippen MR) is 79.4 cm³/mol. The lowest BCUT2D eigenvalue weighted by molar-refractivity contribution is 0.0635. The molecular formula is C15H20N2O4. The summed E-state index contributed by atoms with van der Waals surface area (Å²) in [5, 5.41) is 2.62. The van der Waals surface area contributed by atoms with Crippen LogP contribution in [0.3, 0.4) is 0 Å². The highest BCUT2D eigenvalue weighted by Crippen LogP contribution is 2.29. The monoisotopic (exact) mass is 292 g/mol. The SMILES string of the molecule is COc1cc(C(C)N=C=O)ccc1NC(=O)OC(C)(C)C. The lowest BCUT2D eigenvalue weighted by Crippen LogP contribution is -2.27. The highest BCUT2D eigenvalue weighted by atomic mass is 16.6. The lowest BCUT2D eigenvalue weighted by Gasteiger charge is -2.20. The van der Waals surface area contributed by atoms with Crippen LogP contribution in [0.1, 0.15) is 39.3 Å². The second-order valence-corrected chi connectivity index (χ2v) is 5.48. The van der Waals surface area contributed by atoms with Gasteiger partial charge in [-0.3, -0.25) is 5.32 Å². The van der Waals surface area contributed by atoms with Crippen molar-refractivity contribution in [2.24, 2.45) is 4.99 Å². The number of benzene rings is 1. The Labute approximate surface area is 124 Å². The van der Waals surface area contributed by atoms with Gasteiger partial charge in [0.1, 0.15) is 11.4 Å². The Hall–Kier alpha value is -2.33. The Bertz CT molecular complexity index is 557. The van der Waals surface area contributed by atoms with Gasteiger partial charge in [0.25, 0.3) is 0 Å². The van der Waals surface area contributed by atoms with Gasteiger partial charge >= 0.3 is 6.09 Å². The Kier molecular flexibility index (Phi) is 5.50. The van der Waals surface area contributed by atoms with Crippen LogP contribution in [0.2, 0.25) is 0 Å². The number of methoxy groups -OCH3 is 1. The van der Waals surface area contributed by atoms with E-state index >= 15 is 0 Å². The zero-order valence-electron chi connectivity index (χ0n) is 12.9. The van der Waals surface area contributed by atoms with E-state index in [4.69, 9.17) is 9.47 Å². The third-order valence-corrected chi connectivity index (χ3v) is 2.59. The number of nitrogens with zero attached hydrogens (tertiary/aromatic N) is 1. The van der Waals surface area contributed by atoms with Crippen LogP contribution in [-0.4, -0.2) is 24.9 Å². The summed E-state index contributed by atoms with van der Waals surface area (Å²) >= 11 is 0. The van der Waals surface area contributed by atoms with Crippen molar-refractivity contribution < 1.29 is 19.1 Å². The molecule has 1 N–H and O–H groups in total. The maximum Gasteiger partial charge on any atom is 0.412 e. The first-order chi connectivity index (χ1) is 9.76. The molecule has 0 saturated heterocycles. The molecule has 114 valence electrons. The summed E-state index contributed by atoms with van der Waals surface area (Å²) in [7, 11) is 1.49. The lowest BCUT2D eigenvalue weighted by atomic mass is 10.1. The minimum absolute atomic E-state index is 0.327. The van der Waals surface area contributed by atoms with Crippen molar-refractivity contribution in [1.29, 1.82) is 0 Å². The third-order valence-electron chi connectivity index (χ3n) is 2.59. The van der Waals surface area contributed by atoms with Crippen LogP contribution in [0.15, 0.2) is 23.2 Å². The molecule has 6 nitrogen and oxygen atoms in total. The highest BCUT2D eigenvalue weighted by molar-refractivity contribution is 5.87. The van der Waals surface area contributed by atoms with Crippen molar-refractivity contribution in [3.8, 4) is 5.75 Å². The van der Waals surface area contributed by atoms with Crippen LogP contribution in [0, 0.1) is 0 Å². The Morgan fingerprint density at radius 2 is 2.05 bits per heavy atom. The number of ether oxygens (including phenoxy) is 2. The molecule has 0 heterocycles. The van der Waals surface area contributed by atoms with E-state index in [2.05, 4.69) is 10.3 Å². The zero-order chi connectivity index (χ0) is 16.0. The minimum Gasteiger partial charge on any atom is -0.495 e. The summed E-state index contributed by atoms with van der Waals surface area (Å²) in [5.41, 5.74) is 0.687. The molecule has 0 radical (unpaired) electrons. The Morgan fingerprint density at radius 3 is 2.57 bits per heavy atom. The standard InChI is InChI=1S/C15H20N2O4/c1-10(16-9-18)11-6-7-12(13(8-11)20-5)17-14(19)21-15(2,3)4/h6-8,10H,1-5H3,(H,17,19). The van der Waals surface area contributed by atoms with E-state index < -0.39 is 11.7 Å². The number of rotatable bonds is 4. The van der Waals surface area contributed by atoms with Crippen molar-refractivity contribution in [2.45, 2.75) is 39.3 Å². The van der Waals surface area contributed by atoms with Crippen molar-refractivity contribution in [2.75, 3.05) is 12.4 Å². The molecule has 0 bridgehead atoms. The molecule has 0 aromatic heterocycles. The summed E-state index contributed by atoms with van der Waals surface area (Å²) < 4.78 is 10.4. The fourth-order valence-electron chi connectivity index (χ4n) is 1.64. The summed E-state index contributed by atoms with van der Waals surface area (Å²) in [5.74, 6) is 0.464. The van der Waals surface area contributed by atoms with E-state index in [0.717, 1.165) is 5.56 Å². The molecule has 1 amide bonds. The topological polar surface area (TPSA) is 77.0 Å². The van der Waals surface area contributed by atoms with Crippen LogP contribution in [-0.2, 0) is 9.53 Å². The first-order valence-electron chi connectivity index (χ1n) is 6.51. The van der Waals surface area contributed by atoms with E-state index in [1.807, 2.05) is 0 Å². The Morgan fingerprint density at radius 1 is 1.38 bits per heavy atom. The number of anilines is 1. The van der Waals surface area contributed by atoms with Crippen LogP contribution in [0.25, 0.3) is 0 Å². The van der Waals surface area contributed by atoms with Crippen LogP contribution in [0.4, 0.5) is 10.5 Å². The molecule has 0 saturated carbocycles. The van der Waals surface area contributed by atoms with Crippen LogP contribution >= 0.6 is 0 Å². The molecule has 0 spiro atoms. The van der Waals surface area contributed by atoms with Gasteiger partial charge in [0.15, 0.2) is 0 Å². The van der Waals surface area contributed by atoms with Gasteiger partial charge in [0, 0.05) is 0 Å².